The second-order valence-electron chi connectivity index (χ2n) is 7.40. The van der Waals surface area contributed by atoms with Gasteiger partial charge in [-0.3, -0.25) is 9.59 Å². The lowest BCUT2D eigenvalue weighted by Gasteiger charge is -2.37. The molecule has 152 valence electrons. The molecule has 0 spiro atoms. The van der Waals surface area contributed by atoms with Gasteiger partial charge in [0.15, 0.2) is 0 Å². The summed E-state index contributed by atoms with van der Waals surface area (Å²) in [6.45, 7) is 7.52. The average molecular weight is 394 g/mol. The Hall–Kier alpha value is -3.16. The van der Waals surface area contributed by atoms with Crippen LogP contribution in [-0.4, -0.2) is 84.4 Å². The Balaban J connectivity index is 1.44. The fourth-order valence-corrected chi connectivity index (χ4v) is 3.85. The van der Waals surface area contributed by atoms with Crippen molar-refractivity contribution >= 4 is 23.8 Å². The monoisotopic (exact) mass is 394 g/mol. The maximum atomic E-state index is 12.9. The number of carbonyl (C=O) groups is 2. The summed E-state index contributed by atoms with van der Waals surface area (Å²) in [5, 5.41) is 0. The van der Waals surface area contributed by atoms with E-state index in [1.54, 1.807) is 15.9 Å². The maximum absolute atomic E-state index is 12.9. The van der Waals surface area contributed by atoms with E-state index in [1.165, 1.54) is 5.69 Å². The van der Waals surface area contributed by atoms with Crippen molar-refractivity contribution in [1.82, 2.24) is 19.8 Å². The van der Waals surface area contributed by atoms with Crippen LogP contribution in [0.2, 0.25) is 0 Å². The Morgan fingerprint density at radius 3 is 2.21 bits per heavy atom. The van der Waals surface area contributed by atoms with Crippen molar-refractivity contribution in [3.05, 3.63) is 47.9 Å². The van der Waals surface area contributed by atoms with E-state index in [0.29, 0.717) is 37.7 Å². The molecule has 29 heavy (non-hydrogen) atoms. The van der Waals surface area contributed by atoms with Gasteiger partial charge in [-0.25, -0.2) is 9.97 Å². The van der Waals surface area contributed by atoms with Crippen LogP contribution in [0.3, 0.4) is 0 Å². The summed E-state index contributed by atoms with van der Waals surface area (Å²) in [5.74, 6) is 1.31. The minimum atomic E-state index is -0.0924. The molecule has 0 N–H and O–H groups in total. The van der Waals surface area contributed by atoms with E-state index in [-0.39, 0.29) is 5.91 Å². The number of amides is 2. The molecule has 0 atom stereocenters. The zero-order chi connectivity index (χ0) is 20.2. The summed E-state index contributed by atoms with van der Waals surface area (Å²) in [7, 11) is 0. The highest BCUT2D eigenvalue weighted by atomic mass is 16.2. The molecule has 1 aromatic carbocycles. The number of aryl methyl sites for hydroxylation is 1. The van der Waals surface area contributed by atoms with Crippen molar-refractivity contribution in [3.8, 4) is 0 Å². The summed E-state index contributed by atoms with van der Waals surface area (Å²) in [4.78, 5) is 40.8. The Morgan fingerprint density at radius 1 is 0.897 bits per heavy atom. The first kappa shape index (κ1) is 19.2. The molecular formula is C21H26N6O2. The summed E-state index contributed by atoms with van der Waals surface area (Å²) in [6, 6.07) is 12.2. The Labute approximate surface area is 170 Å². The number of rotatable bonds is 4. The van der Waals surface area contributed by atoms with Gasteiger partial charge in [0.2, 0.25) is 6.41 Å². The number of piperazine rings is 2. The van der Waals surface area contributed by atoms with Crippen molar-refractivity contribution < 1.29 is 9.59 Å². The van der Waals surface area contributed by atoms with E-state index in [1.807, 2.05) is 13.0 Å². The van der Waals surface area contributed by atoms with Crippen molar-refractivity contribution in [3.63, 3.8) is 0 Å². The topological polar surface area (TPSA) is 72.9 Å². The zero-order valence-corrected chi connectivity index (χ0v) is 16.7. The smallest absolute Gasteiger partial charge is 0.272 e. The molecule has 2 aromatic rings. The number of nitrogens with zero attached hydrogens (tertiary/aromatic N) is 6. The molecule has 2 aliphatic rings. The van der Waals surface area contributed by atoms with Crippen LogP contribution in [0.4, 0.5) is 11.5 Å². The molecule has 8 nitrogen and oxygen atoms in total. The van der Waals surface area contributed by atoms with Crippen LogP contribution < -0.4 is 9.80 Å². The molecule has 0 aliphatic carbocycles. The number of para-hydroxylation sites is 1. The van der Waals surface area contributed by atoms with Crippen molar-refractivity contribution in [1.29, 1.82) is 0 Å². The van der Waals surface area contributed by atoms with Crippen molar-refractivity contribution in [2.75, 3.05) is 62.2 Å². The molecule has 3 heterocycles. The lowest BCUT2D eigenvalue weighted by molar-refractivity contribution is -0.119. The molecule has 2 fully saturated rings. The molecule has 0 radical (unpaired) electrons. The van der Waals surface area contributed by atoms with Gasteiger partial charge in [0.1, 0.15) is 17.3 Å². The van der Waals surface area contributed by atoms with E-state index < -0.39 is 0 Å². The van der Waals surface area contributed by atoms with E-state index >= 15 is 0 Å². The molecule has 4 rings (SSSR count). The third-order valence-corrected chi connectivity index (χ3v) is 5.52. The number of benzene rings is 1. The highest BCUT2D eigenvalue weighted by Crippen LogP contribution is 2.20. The lowest BCUT2D eigenvalue weighted by Crippen LogP contribution is -2.48. The second-order valence-corrected chi connectivity index (χ2v) is 7.40. The van der Waals surface area contributed by atoms with Crippen LogP contribution in [0, 0.1) is 6.92 Å². The largest absolute Gasteiger partial charge is 0.368 e. The highest BCUT2D eigenvalue weighted by molar-refractivity contribution is 5.93. The first-order valence-electron chi connectivity index (χ1n) is 10.0. The molecule has 0 saturated carbocycles. The minimum absolute atomic E-state index is 0.0924. The quantitative estimate of drug-likeness (QED) is 0.721. The van der Waals surface area contributed by atoms with Crippen LogP contribution in [0.5, 0.6) is 0 Å². The van der Waals surface area contributed by atoms with Gasteiger partial charge in [-0.05, 0) is 19.1 Å². The van der Waals surface area contributed by atoms with Gasteiger partial charge in [0.25, 0.3) is 5.91 Å². The first-order chi connectivity index (χ1) is 14.1. The summed E-state index contributed by atoms with van der Waals surface area (Å²) in [6.07, 6.45) is 0.837. The van der Waals surface area contributed by atoms with Crippen molar-refractivity contribution in [2.45, 2.75) is 6.92 Å². The van der Waals surface area contributed by atoms with E-state index in [0.717, 1.165) is 38.4 Å². The molecule has 0 unspecified atom stereocenters. The minimum Gasteiger partial charge on any atom is -0.368 e. The molecule has 2 aliphatic heterocycles. The average Bonchev–Trinajstić information content (AvgIpc) is 2.79. The second kappa shape index (κ2) is 8.46. The Kier molecular flexibility index (Phi) is 5.59. The summed E-state index contributed by atoms with van der Waals surface area (Å²) in [5.41, 5.74) is 1.66. The third kappa shape index (κ3) is 4.31. The summed E-state index contributed by atoms with van der Waals surface area (Å²) < 4.78 is 0. The van der Waals surface area contributed by atoms with Crippen molar-refractivity contribution in [2.24, 2.45) is 0 Å². The Bertz CT molecular complexity index is 859. The maximum Gasteiger partial charge on any atom is 0.272 e. The van der Waals surface area contributed by atoms with E-state index in [9.17, 15) is 9.59 Å². The molecule has 2 saturated heterocycles. The van der Waals surface area contributed by atoms with Gasteiger partial charge in [0.05, 0.1) is 0 Å². The van der Waals surface area contributed by atoms with Gasteiger partial charge < -0.3 is 19.6 Å². The number of carbonyl (C=O) groups excluding carboxylic acids is 2. The Morgan fingerprint density at radius 2 is 1.55 bits per heavy atom. The standard InChI is InChI=1S/C21H26N6O2/c1-17-22-19(21(29)27-9-7-24(16-28)8-10-27)15-20(23-17)26-13-11-25(12-14-26)18-5-3-2-4-6-18/h2-6,15-16H,7-14H2,1H3. The normalized spacial score (nSPS) is 17.4. The first-order valence-corrected chi connectivity index (χ1v) is 10.0. The number of anilines is 2. The molecule has 8 heteroatoms. The van der Waals surface area contributed by atoms with Crippen LogP contribution >= 0.6 is 0 Å². The highest BCUT2D eigenvalue weighted by Gasteiger charge is 2.25. The third-order valence-electron chi connectivity index (χ3n) is 5.52. The van der Waals surface area contributed by atoms with E-state index in [4.69, 9.17) is 0 Å². The van der Waals surface area contributed by atoms with Crippen LogP contribution in [0.1, 0.15) is 16.3 Å². The summed E-state index contributed by atoms with van der Waals surface area (Å²) >= 11 is 0. The predicted octanol–water partition coefficient (Wildman–Crippen LogP) is 1.03. The van der Waals surface area contributed by atoms with Gasteiger partial charge in [-0.2, -0.15) is 0 Å². The van der Waals surface area contributed by atoms with Crippen LogP contribution in [0.25, 0.3) is 0 Å². The fourth-order valence-electron chi connectivity index (χ4n) is 3.85. The van der Waals surface area contributed by atoms with Gasteiger partial charge in [-0.15, -0.1) is 0 Å². The molecular weight excluding hydrogens is 368 g/mol. The number of hydrogen-bond acceptors (Lipinski definition) is 6. The van der Waals surface area contributed by atoms with Crippen LogP contribution in [0.15, 0.2) is 36.4 Å². The molecule has 0 bridgehead atoms. The van der Waals surface area contributed by atoms with Gasteiger partial charge in [0, 0.05) is 64.1 Å². The number of hydrogen-bond donors (Lipinski definition) is 0. The SMILES string of the molecule is Cc1nc(C(=O)N2CCN(C=O)CC2)cc(N2CCN(c3ccccc3)CC2)n1. The van der Waals surface area contributed by atoms with E-state index in [2.05, 4.69) is 44.0 Å². The predicted molar refractivity (Wildman–Crippen MR) is 111 cm³/mol. The molecule has 1 aromatic heterocycles. The van der Waals surface area contributed by atoms with Gasteiger partial charge in [-0.1, -0.05) is 18.2 Å². The zero-order valence-electron chi connectivity index (χ0n) is 16.7. The van der Waals surface area contributed by atoms with Crippen LogP contribution in [-0.2, 0) is 4.79 Å². The molecule has 2 amide bonds. The lowest BCUT2D eigenvalue weighted by atomic mass is 10.2. The van der Waals surface area contributed by atoms with Gasteiger partial charge >= 0.3 is 0 Å². The fraction of sp³-hybridized carbons (Fsp3) is 0.429. The number of aromatic nitrogens is 2.